The highest BCUT2D eigenvalue weighted by Crippen LogP contribution is 2.26. The molecule has 19 heavy (non-hydrogen) atoms. The van der Waals surface area contributed by atoms with E-state index in [2.05, 4.69) is 0 Å². The molecule has 0 spiro atoms. The van der Waals surface area contributed by atoms with E-state index in [1.807, 2.05) is 0 Å². The molecular weight excluding hydrogens is 303 g/mol. The van der Waals surface area contributed by atoms with Crippen LogP contribution in [0.25, 0.3) is 0 Å². The molecule has 2 nitrogen and oxygen atoms in total. The number of benzene rings is 2. The van der Waals surface area contributed by atoms with Crippen LogP contribution >= 0.6 is 23.2 Å². The number of alkyl halides is 1. The van der Waals surface area contributed by atoms with Crippen molar-refractivity contribution in [3.63, 3.8) is 0 Å². The summed E-state index contributed by atoms with van der Waals surface area (Å²) in [6.07, 6.45) is 0. The summed E-state index contributed by atoms with van der Waals surface area (Å²) in [5.41, 5.74) is 0.741. The van der Waals surface area contributed by atoms with Crippen LogP contribution in [0.4, 0.5) is 0 Å². The van der Waals surface area contributed by atoms with E-state index in [4.69, 9.17) is 23.2 Å². The quantitative estimate of drug-likeness (QED) is 0.796. The lowest BCUT2D eigenvalue weighted by Crippen LogP contribution is -2.11. The number of hydrogen-bond acceptors (Lipinski definition) is 2. The minimum Gasteiger partial charge on any atom is -0.224 e. The van der Waals surface area contributed by atoms with E-state index in [1.54, 1.807) is 54.6 Å². The fourth-order valence-electron chi connectivity index (χ4n) is 1.68. The van der Waals surface area contributed by atoms with Gasteiger partial charge in [-0.2, -0.15) is 0 Å². The molecule has 2 aromatic carbocycles. The number of rotatable bonds is 4. The third-order valence-electron chi connectivity index (χ3n) is 2.70. The van der Waals surface area contributed by atoms with Gasteiger partial charge in [0.25, 0.3) is 0 Å². The minimum atomic E-state index is -3.38. The van der Waals surface area contributed by atoms with Gasteiger partial charge in [-0.1, -0.05) is 41.9 Å². The van der Waals surface area contributed by atoms with Crippen LogP contribution in [0.5, 0.6) is 0 Å². The van der Waals surface area contributed by atoms with Crippen molar-refractivity contribution in [1.82, 2.24) is 0 Å². The van der Waals surface area contributed by atoms with Gasteiger partial charge in [0, 0.05) is 5.02 Å². The second kappa shape index (κ2) is 5.95. The lowest BCUT2D eigenvalue weighted by molar-refractivity contribution is 0.594. The monoisotopic (exact) mass is 314 g/mol. The topological polar surface area (TPSA) is 34.1 Å². The molecule has 100 valence electrons. The molecular formula is C14H12Cl2O2S. The molecule has 2 rings (SSSR count). The predicted octanol–water partition coefficient (Wildman–Crippen LogP) is 4.09. The largest absolute Gasteiger partial charge is 0.224 e. The molecule has 0 saturated heterocycles. The third kappa shape index (κ3) is 3.72. The highest BCUT2D eigenvalue weighted by Gasteiger charge is 2.20. The zero-order valence-corrected chi connectivity index (χ0v) is 12.3. The van der Waals surface area contributed by atoms with Gasteiger partial charge in [-0.25, -0.2) is 8.42 Å². The van der Waals surface area contributed by atoms with Crippen LogP contribution in [0.1, 0.15) is 10.9 Å². The Labute approximate surface area is 122 Å². The maximum absolute atomic E-state index is 12.2. The molecule has 0 N–H and O–H groups in total. The van der Waals surface area contributed by atoms with E-state index in [9.17, 15) is 8.42 Å². The molecule has 1 atom stereocenters. The number of sulfone groups is 1. The average Bonchev–Trinajstić information content (AvgIpc) is 2.40. The zero-order chi connectivity index (χ0) is 13.9. The van der Waals surface area contributed by atoms with Crippen molar-refractivity contribution in [3.8, 4) is 0 Å². The highest BCUT2D eigenvalue weighted by atomic mass is 35.5. The van der Waals surface area contributed by atoms with Gasteiger partial charge in [0.05, 0.1) is 16.0 Å². The van der Waals surface area contributed by atoms with Crippen molar-refractivity contribution in [2.75, 3.05) is 5.75 Å². The Morgan fingerprint density at radius 3 is 2.11 bits per heavy atom. The van der Waals surface area contributed by atoms with Crippen LogP contribution in [0.15, 0.2) is 59.5 Å². The Balaban J connectivity index is 2.19. The van der Waals surface area contributed by atoms with Crippen LogP contribution in [0.3, 0.4) is 0 Å². The van der Waals surface area contributed by atoms with Crippen LogP contribution in [0.2, 0.25) is 5.02 Å². The fourth-order valence-corrected chi connectivity index (χ4v) is 3.80. The van der Waals surface area contributed by atoms with Gasteiger partial charge in [-0.05, 0) is 29.8 Å². The Kier molecular flexibility index (Phi) is 4.50. The van der Waals surface area contributed by atoms with E-state index in [-0.39, 0.29) is 10.6 Å². The zero-order valence-electron chi connectivity index (χ0n) is 9.96. The van der Waals surface area contributed by atoms with E-state index in [1.165, 1.54) is 0 Å². The summed E-state index contributed by atoms with van der Waals surface area (Å²) in [7, 11) is -3.38. The number of hydrogen-bond donors (Lipinski definition) is 0. The first kappa shape index (κ1) is 14.4. The molecule has 0 saturated carbocycles. The summed E-state index contributed by atoms with van der Waals surface area (Å²) in [4.78, 5) is 0.287. The molecule has 0 aliphatic heterocycles. The molecule has 0 fully saturated rings. The number of halogens is 2. The fraction of sp³-hybridized carbons (Fsp3) is 0.143. The molecule has 0 radical (unpaired) electrons. The van der Waals surface area contributed by atoms with Crippen molar-refractivity contribution in [2.24, 2.45) is 0 Å². The van der Waals surface area contributed by atoms with Crippen molar-refractivity contribution < 1.29 is 8.42 Å². The minimum absolute atomic E-state index is 0.139. The Hall–Kier alpha value is -1.03. The summed E-state index contributed by atoms with van der Waals surface area (Å²) in [6.45, 7) is 0. The first-order valence-electron chi connectivity index (χ1n) is 5.66. The maximum Gasteiger partial charge on any atom is 0.180 e. The van der Waals surface area contributed by atoms with Gasteiger partial charge in [0.1, 0.15) is 0 Å². The second-order valence-corrected chi connectivity index (χ2v) is 7.11. The molecule has 1 unspecified atom stereocenters. The van der Waals surface area contributed by atoms with Gasteiger partial charge < -0.3 is 0 Å². The first-order valence-corrected chi connectivity index (χ1v) is 8.13. The Morgan fingerprint density at radius 1 is 0.947 bits per heavy atom. The molecule has 0 bridgehead atoms. The van der Waals surface area contributed by atoms with E-state index >= 15 is 0 Å². The Morgan fingerprint density at radius 2 is 1.53 bits per heavy atom. The lowest BCUT2D eigenvalue weighted by Gasteiger charge is -2.10. The molecule has 0 aromatic heterocycles. The second-order valence-electron chi connectivity index (χ2n) is 4.11. The molecule has 0 aliphatic carbocycles. The van der Waals surface area contributed by atoms with Gasteiger partial charge in [0.2, 0.25) is 0 Å². The molecule has 0 aliphatic rings. The molecule has 0 amide bonds. The normalized spacial score (nSPS) is 13.2. The van der Waals surface area contributed by atoms with Crippen molar-refractivity contribution in [2.45, 2.75) is 10.3 Å². The van der Waals surface area contributed by atoms with Crippen molar-refractivity contribution in [3.05, 3.63) is 65.2 Å². The van der Waals surface area contributed by atoms with Gasteiger partial charge in [-0.3, -0.25) is 0 Å². The third-order valence-corrected chi connectivity index (χ3v) is 5.30. The maximum atomic E-state index is 12.2. The van der Waals surface area contributed by atoms with Gasteiger partial charge >= 0.3 is 0 Å². The van der Waals surface area contributed by atoms with Crippen LogP contribution in [0, 0.1) is 0 Å². The van der Waals surface area contributed by atoms with E-state index in [0.717, 1.165) is 5.56 Å². The summed E-state index contributed by atoms with van der Waals surface area (Å²) in [5, 5.41) is 0.000931. The smallest absolute Gasteiger partial charge is 0.180 e. The van der Waals surface area contributed by atoms with E-state index in [0.29, 0.717) is 5.02 Å². The van der Waals surface area contributed by atoms with Crippen LogP contribution < -0.4 is 0 Å². The van der Waals surface area contributed by atoms with Gasteiger partial charge in [-0.15, -0.1) is 11.6 Å². The summed E-state index contributed by atoms with van der Waals surface area (Å²) >= 11 is 12.0. The highest BCUT2D eigenvalue weighted by molar-refractivity contribution is 7.91. The average molecular weight is 315 g/mol. The molecule has 0 heterocycles. The predicted molar refractivity (Wildman–Crippen MR) is 78.5 cm³/mol. The van der Waals surface area contributed by atoms with Crippen molar-refractivity contribution in [1.29, 1.82) is 0 Å². The van der Waals surface area contributed by atoms with E-state index < -0.39 is 15.2 Å². The van der Waals surface area contributed by atoms with Crippen LogP contribution in [-0.2, 0) is 9.84 Å². The Bertz CT molecular complexity index is 637. The summed E-state index contributed by atoms with van der Waals surface area (Å²) < 4.78 is 24.3. The summed E-state index contributed by atoms with van der Waals surface area (Å²) in [5.74, 6) is -0.139. The standard InChI is InChI=1S/C14H12Cl2O2S/c15-12-8-6-11(7-9-12)14(16)10-19(17,18)13-4-2-1-3-5-13/h1-9,14H,10H2. The SMILES string of the molecule is O=S(=O)(CC(Cl)c1ccc(Cl)cc1)c1ccccc1. The summed E-state index contributed by atoms with van der Waals surface area (Å²) in [6, 6.07) is 15.2. The van der Waals surface area contributed by atoms with Crippen molar-refractivity contribution >= 4 is 33.0 Å². The molecule has 2 aromatic rings. The first-order chi connectivity index (χ1) is 8.99. The molecule has 5 heteroatoms. The lowest BCUT2D eigenvalue weighted by atomic mass is 10.2. The van der Waals surface area contributed by atoms with Crippen LogP contribution in [-0.4, -0.2) is 14.2 Å². The van der Waals surface area contributed by atoms with Gasteiger partial charge in [0.15, 0.2) is 9.84 Å².